The molecule has 0 fully saturated rings. The standard InChI is InChI=1S/C22H15BrF3N3O2S/c23-16-8-4-13(5-9-16)20(31)29-21(32)28-17-10-6-14(7-11-17)19(30)27-18-3-1-2-15(12-18)22(24,25)26/h1-12H,(H,27,30)(H2,28,29,31,32). The van der Waals surface area contributed by atoms with E-state index < -0.39 is 17.6 Å². The van der Waals surface area contributed by atoms with Crippen molar-refractivity contribution in [3.05, 3.63) is 94.0 Å². The maximum Gasteiger partial charge on any atom is 0.416 e. The topological polar surface area (TPSA) is 70.2 Å². The van der Waals surface area contributed by atoms with Crippen molar-refractivity contribution >= 4 is 56.4 Å². The molecule has 164 valence electrons. The zero-order valence-corrected chi connectivity index (χ0v) is 18.6. The SMILES string of the molecule is O=C(NC(=S)Nc1ccc(C(=O)Nc2cccc(C(F)(F)F)c2)cc1)c1ccc(Br)cc1. The van der Waals surface area contributed by atoms with Gasteiger partial charge in [-0.3, -0.25) is 14.9 Å². The van der Waals surface area contributed by atoms with Crippen LogP contribution in [0.2, 0.25) is 0 Å². The van der Waals surface area contributed by atoms with Gasteiger partial charge < -0.3 is 10.6 Å². The molecule has 0 atom stereocenters. The van der Waals surface area contributed by atoms with E-state index in [1.165, 1.54) is 24.3 Å². The minimum absolute atomic E-state index is 0.0314. The summed E-state index contributed by atoms with van der Waals surface area (Å²) >= 11 is 8.42. The van der Waals surface area contributed by atoms with E-state index in [0.29, 0.717) is 11.3 Å². The second-order valence-corrected chi connectivity index (χ2v) is 7.85. The third kappa shape index (κ3) is 6.38. The summed E-state index contributed by atoms with van der Waals surface area (Å²) in [6.07, 6.45) is -4.50. The van der Waals surface area contributed by atoms with Crippen LogP contribution in [0.5, 0.6) is 0 Å². The van der Waals surface area contributed by atoms with E-state index >= 15 is 0 Å². The minimum atomic E-state index is -4.50. The van der Waals surface area contributed by atoms with E-state index in [1.54, 1.807) is 36.4 Å². The Bertz CT molecular complexity index is 1150. The number of anilines is 2. The van der Waals surface area contributed by atoms with E-state index in [0.717, 1.165) is 16.6 Å². The van der Waals surface area contributed by atoms with Gasteiger partial charge >= 0.3 is 6.18 Å². The summed E-state index contributed by atoms with van der Waals surface area (Å²) in [5.74, 6) is -0.950. The first-order chi connectivity index (χ1) is 15.1. The Balaban J connectivity index is 1.58. The first kappa shape index (κ1) is 23.4. The van der Waals surface area contributed by atoms with Crippen LogP contribution in [0.4, 0.5) is 24.5 Å². The molecule has 0 aliphatic heterocycles. The van der Waals surface area contributed by atoms with Gasteiger partial charge in [-0.1, -0.05) is 22.0 Å². The minimum Gasteiger partial charge on any atom is -0.332 e. The molecule has 0 radical (unpaired) electrons. The van der Waals surface area contributed by atoms with Crippen LogP contribution in [0, 0.1) is 0 Å². The zero-order valence-electron chi connectivity index (χ0n) is 16.2. The predicted octanol–water partition coefficient (Wildman–Crippen LogP) is 5.85. The number of alkyl halides is 3. The molecule has 0 aliphatic carbocycles. The lowest BCUT2D eigenvalue weighted by molar-refractivity contribution is -0.137. The predicted molar refractivity (Wildman–Crippen MR) is 124 cm³/mol. The maximum atomic E-state index is 12.8. The van der Waals surface area contributed by atoms with Crippen LogP contribution >= 0.6 is 28.1 Å². The summed E-state index contributed by atoms with van der Waals surface area (Å²) < 4.78 is 39.3. The van der Waals surface area contributed by atoms with Gasteiger partial charge in [0.15, 0.2) is 5.11 Å². The summed E-state index contributed by atoms with van der Waals surface area (Å²) in [5.41, 5.74) is 0.357. The van der Waals surface area contributed by atoms with Crippen LogP contribution in [0.1, 0.15) is 26.3 Å². The smallest absolute Gasteiger partial charge is 0.332 e. The van der Waals surface area contributed by atoms with Crippen molar-refractivity contribution in [2.24, 2.45) is 0 Å². The largest absolute Gasteiger partial charge is 0.416 e. The van der Waals surface area contributed by atoms with Crippen LogP contribution in [0.25, 0.3) is 0 Å². The molecule has 0 unspecified atom stereocenters. The molecule has 3 aromatic carbocycles. The Labute approximate surface area is 195 Å². The van der Waals surface area contributed by atoms with Crippen molar-refractivity contribution in [2.45, 2.75) is 6.18 Å². The van der Waals surface area contributed by atoms with Crippen molar-refractivity contribution in [1.29, 1.82) is 0 Å². The summed E-state index contributed by atoms with van der Waals surface area (Å²) in [6, 6.07) is 17.2. The lowest BCUT2D eigenvalue weighted by Gasteiger charge is -2.11. The van der Waals surface area contributed by atoms with Gasteiger partial charge in [0.1, 0.15) is 0 Å². The Morgan fingerprint density at radius 3 is 2.00 bits per heavy atom. The second-order valence-electron chi connectivity index (χ2n) is 6.53. The van der Waals surface area contributed by atoms with Crippen LogP contribution < -0.4 is 16.0 Å². The Morgan fingerprint density at radius 2 is 1.38 bits per heavy atom. The zero-order chi connectivity index (χ0) is 23.3. The normalized spacial score (nSPS) is 10.9. The Morgan fingerprint density at radius 1 is 0.781 bits per heavy atom. The monoisotopic (exact) mass is 521 g/mol. The van der Waals surface area contributed by atoms with Crippen LogP contribution in [-0.4, -0.2) is 16.9 Å². The number of benzene rings is 3. The van der Waals surface area contributed by atoms with Crippen molar-refractivity contribution < 1.29 is 22.8 Å². The molecule has 0 aromatic heterocycles. The number of hydrogen-bond acceptors (Lipinski definition) is 3. The first-order valence-electron chi connectivity index (χ1n) is 9.08. The summed E-state index contributed by atoms with van der Waals surface area (Å²) in [7, 11) is 0. The lowest BCUT2D eigenvalue weighted by atomic mass is 10.1. The lowest BCUT2D eigenvalue weighted by Crippen LogP contribution is -2.34. The number of thiocarbonyl (C=S) groups is 1. The summed E-state index contributed by atoms with van der Waals surface area (Å²) in [4.78, 5) is 24.5. The highest BCUT2D eigenvalue weighted by atomic mass is 79.9. The van der Waals surface area contributed by atoms with Crippen molar-refractivity contribution in [3.63, 3.8) is 0 Å². The number of hydrogen-bond donors (Lipinski definition) is 3. The third-order valence-electron chi connectivity index (χ3n) is 4.19. The van der Waals surface area contributed by atoms with Gasteiger partial charge in [0.2, 0.25) is 0 Å². The molecule has 0 bridgehead atoms. The van der Waals surface area contributed by atoms with Gasteiger partial charge in [0, 0.05) is 27.0 Å². The van der Waals surface area contributed by atoms with E-state index in [1.807, 2.05) is 0 Å². The number of nitrogens with one attached hydrogen (secondary N) is 3. The number of carbonyl (C=O) groups excluding carboxylic acids is 2. The second kappa shape index (κ2) is 9.92. The summed E-state index contributed by atoms with van der Waals surface area (Å²) in [5, 5.41) is 7.88. The molecule has 0 saturated heterocycles. The highest BCUT2D eigenvalue weighted by molar-refractivity contribution is 9.10. The van der Waals surface area contributed by atoms with Crippen LogP contribution in [0.15, 0.2) is 77.3 Å². The van der Waals surface area contributed by atoms with Gasteiger partial charge in [-0.25, -0.2) is 0 Å². The maximum absolute atomic E-state index is 12.8. The number of halogens is 4. The molecule has 5 nitrogen and oxygen atoms in total. The molecule has 0 saturated carbocycles. The van der Waals surface area contributed by atoms with E-state index in [9.17, 15) is 22.8 Å². The fourth-order valence-corrected chi connectivity index (χ4v) is 3.10. The third-order valence-corrected chi connectivity index (χ3v) is 4.92. The average molecular weight is 522 g/mol. The van der Waals surface area contributed by atoms with Gasteiger partial charge in [0.25, 0.3) is 11.8 Å². The molecule has 3 rings (SSSR count). The van der Waals surface area contributed by atoms with Crippen molar-refractivity contribution in [2.75, 3.05) is 10.6 Å². The first-order valence-corrected chi connectivity index (χ1v) is 10.3. The molecule has 3 aromatic rings. The van der Waals surface area contributed by atoms with Gasteiger partial charge in [-0.05, 0) is 78.9 Å². The fraction of sp³-hybridized carbons (Fsp3) is 0.0455. The molecule has 0 heterocycles. The highest BCUT2D eigenvalue weighted by Crippen LogP contribution is 2.30. The van der Waals surface area contributed by atoms with E-state index in [2.05, 4.69) is 31.9 Å². The van der Waals surface area contributed by atoms with Crippen molar-refractivity contribution in [1.82, 2.24) is 5.32 Å². The summed E-state index contributed by atoms with van der Waals surface area (Å²) in [6.45, 7) is 0. The van der Waals surface area contributed by atoms with Gasteiger partial charge in [0.05, 0.1) is 5.56 Å². The van der Waals surface area contributed by atoms with E-state index in [-0.39, 0.29) is 22.3 Å². The Hall–Kier alpha value is -3.24. The Kier molecular flexibility index (Phi) is 7.26. The fourth-order valence-electron chi connectivity index (χ4n) is 2.62. The molecule has 2 amide bonds. The average Bonchev–Trinajstić information content (AvgIpc) is 2.74. The van der Waals surface area contributed by atoms with Gasteiger partial charge in [-0.15, -0.1) is 0 Å². The molecule has 0 spiro atoms. The van der Waals surface area contributed by atoms with Crippen LogP contribution in [-0.2, 0) is 6.18 Å². The number of rotatable bonds is 4. The molecule has 10 heteroatoms. The molecular formula is C22H15BrF3N3O2S. The quantitative estimate of drug-likeness (QED) is 0.377. The number of amides is 2. The number of carbonyl (C=O) groups is 2. The van der Waals surface area contributed by atoms with E-state index in [4.69, 9.17) is 12.2 Å². The molecule has 32 heavy (non-hydrogen) atoms. The van der Waals surface area contributed by atoms with Gasteiger partial charge in [-0.2, -0.15) is 13.2 Å². The van der Waals surface area contributed by atoms with Crippen molar-refractivity contribution in [3.8, 4) is 0 Å². The molecular weight excluding hydrogens is 507 g/mol. The molecule has 3 N–H and O–H groups in total. The molecule has 0 aliphatic rings. The highest BCUT2D eigenvalue weighted by Gasteiger charge is 2.30. The van der Waals surface area contributed by atoms with Crippen LogP contribution in [0.3, 0.4) is 0 Å².